The first-order valence-electron chi connectivity index (χ1n) is 9.23. The first kappa shape index (κ1) is 19.7. The second kappa shape index (κ2) is 7.50. The minimum atomic E-state index is -3.64. The van der Waals surface area contributed by atoms with Crippen LogP contribution in [0.15, 0.2) is 17.0 Å². The number of piperidine rings is 1. The molecule has 0 bridgehead atoms. The topological polar surface area (TPSA) is 92.8 Å². The largest absolute Gasteiger partial charge is 0.482 e. The highest BCUT2D eigenvalue weighted by Gasteiger charge is 2.28. The lowest BCUT2D eigenvalue weighted by Gasteiger charge is -2.35. The SMILES string of the molecule is Cc1cc2c(cc1S(=O)(=O)CCC(=O)N1C[C@H](C)C[C@@H](C)C1)OCC(=O)N2. The number of amides is 2. The summed E-state index contributed by atoms with van der Waals surface area (Å²) in [5.74, 6) is 0.582. The van der Waals surface area contributed by atoms with Gasteiger partial charge in [-0.05, 0) is 36.8 Å². The predicted molar refractivity (Wildman–Crippen MR) is 101 cm³/mol. The maximum Gasteiger partial charge on any atom is 0.262 e. The summed E-state index contributed by atoms with van der Waals surface area (Å²) in [4.78, 5) is 25.8. The van der Waals surface area contributed by atoms with Gasteiger partial charge in [0.1, 0.15) is 5.75 Å². The van der Waals surface area contributed by atoms with Gasteiger partial charge < -0.3 is 15.0 Å². The van der Waals surface area contributed by atoms with Crippen LogP contribution in [0.25, 0.3) is 0 Å². The predicted octanol–water partition coefficient (Wildman–Crippen LogP) is 1.99. The maximum absolute atomic E-state index is 12.8. The van der Waals surface area contributed by atoms with E-state index in [1.165, 1.54) is 6.07 Å². The Labute approximate surface area is 160 Å². The Morgan fingerprint density at radius 2 is 1.93 bits per heavy atom. The van der Waals surface area contributed by atoms with Gasteiger partial charge in [0.15, 0.2) is 16.4 Å². The van der Waals surface area contributed by atoms with Gasteiger partial charge in [-0.25, -0.2) is 8.42 Å². The number of sulfone groups is 1. The normalized spacial score (nSPS) is 22.6. The van der Waals surface area contributed by atoms with Crippen LogP contribution in [0, 0.1) is 18.8 Å². The number of hydrogen-bond acceptors (Lipinski definition) is 5. The fourth-order valence-electron chi connectivity index (χ4n) is 3.91. The van der Waals surface area contributed by atoms with E-state index >= 15 is 0 Å². The van der Waals surface area contributed by atoms with Gasteiger partial charge in [0.2, 0.25) is 5.91 Å². The zero-order valence-corrected chi connectivity index (χ0v) is 16.8. The summed E-state index contributed by atoms with van der Waals surface area (Å²) in [6.07, 6.45) is 1.06. The van der Waals surface area contributed by atoms with Crippen LogP contribution in [0.5, 0.6) is 5.75 Å². The van der Waals surface area contributed by atoms with Crippen molar-refractivity contribution in [1.29, 1.82) is 0 Å². The molecule has 0 aromatic heterocycles. The van der Waals surface area contributed by atoms with Crippen LogP contribution >= 0.6 is 0 Å². The lowest BCUT2D eigenvalue weighted by molar-refractivity contribution is -0.133. The van der Waals surface area contributed by atoms with Crippen molar-refractivity contribution >= 4 is 27.3 Å². The second-order valence-electron chi connectivity index (χ2n) is 7.76. The standard InChI is InChI=1S/C19H26N2O5S/c1-12-6-13(2)10-21(9-12)19(23)4-5-27(24,25)17-8-16-15(7-14(17)3)20-18(22)11-26-16/h7-8,12-13H,4-6,9-11H2,1-3H3,(H,20,22)/t12-,13-/m1/s1. The fourth-order valence-corrected chi connectivity index (χ4v) is 5.41. The Balaban J connectivity index is 1.72. The Kier molecular flexibility index (Phi) is 5.46. The number of benzene rings is 1. The van der Waals surface area contributed by atoms with Gasteiger partial charge in [-0.2, -0.15) is 0 Å². The first-order valence-corrected chi connectivity index (χ1v) is 10.9. The van der Waals surface area contributed by atoms with E-state index in [1.807, 2.05) is 0 Å². The van der Waals surface area contributed by atoms with E-state index in [9.17, 15) is 18.0 Å². The molecule has 7 nitrogen and oxygen atoms in total. The molecule has 8 heteroatoms. The number of nitrogens with zero attached hydrogens (tertiary/aromatic N) is 1. The van der Waals surface area contributed by atoms with E-state index in [0.29, 0.717) is 41.9 Å². The molecule has 2 aliphatic heterocycles. The molecule has 0 radical (unpaired) electrons. The van der Waals surface area contributed by atoms with Gasteiger partial charge in [0.25, 0.3) is 5.91 Å². The molecule has 1 aromatic carbocycles. The number of ether oxygens (including phenoxy) is 1. The van der Waals surface area contributed by atoms with E-state index in [2.05, 4.69) is 19.2 Å². The molecule has 1 saturated heterocycles. The molecular weight excluding hydrogens is 368 g/mol. The summed E-state index contributed by atoms with van der Waals surface area (Å²) in [7, 11) is -3.64. The fraction of sp³-hybridized carbons (Fsp3) is 0.579. The van der Waals surface area contributed by atoms with Crippen LogP contribution in [0.4, 0.5) is 5.69 Å². The number of fused-ring (bicyclic) bond motifs is 1. The smallest absolute Gasteiger partial charge is 0.262 e. The van der Waals surface area contributed by atoms with Gasteiger partial charge >= 0.3 is 0 Å². The molecule has 2 aliphatic rings. The van der Waals surface area contributed by atoms with Crippen molar-refractivity contribution in [3.8, 4) is 5.75 Å². The van der Waals surface area contributed by atoms with Crippen LogP contribution in [0.1, 0.15) is 32.3 Å². The third kappa shape index (κ3) is 4.43. The van der Waals surface area contributed by atoms with Crippen LogP contribution in [0.2, 0.25) is 0 Å². The quantitative estimate of drug-likeness (QED) is 0.843. The minimum Gasteiger partial charge on any atom is -0.482 e. The molecule has 1 aromatic rings. The third-order valence-electron chi connectivity index (χ3n) is 5.05. The number of nitrogens with one attached hydrogen (secondary N) is 1. The molecule has 0 saturated carbocycles. The maximum atomic E-state index is 12.8. The Bertz CT molecular complexity index is 855. The third-order valence-corrected chi connectivity index (χ3v) is 6.90. The second-order valence-corrected chi connectivity index (χ2v) is 9.84. The number of rotatable bonds is 4. The Morgan fingerprint density at radius 1 is 1.26 bits per heavy atom. The van der Waals surface area contributed by atoms with Crippen molar-refractivity contribution in [2.24, 2.45) is 11.8 Å². The van der Waals surface area contributed by atoms with E-state index in [4.69, 9.17) is 4.74 Å². The molecule has 3 rings (SSSR count). The number of likely N-dealkylation sites (tertiary alicyclic amines) is 1. The van der Waals surface area contributed by atoms with Crippen LogP contribution in [-0.4, -0.2) is 50.6 Å². The van der Waals surface area contributed by atoms with Gasteiger partial charge in [-0.1, -0.05) is 13.8 Å². The van der Waals surface area contributed by atoms with E-state index in [-0.39, 0.29) is 35.5 Å². The minimum absolute atomic E-state index is 0.0319. The summed E-state index contributed by atoms with van der Waals surface area (Å²) >= 11 is 0. The molecule has 1 N–H and O–H groups in total. The zero-order valence-electron chi connectivity index (χ0n) is 15.9. The molecular formula is C19H26N2O5S. The molecule has 0 spiro atoms. The highest BCUT2D eigenvalue weighted by molar-refractivity contribution is 7.91. The molecule has 27 heavy (non-hydrogen) atoms. The van der Waals surface area contributed by atoms with Crippen molar-refractivity contribution in [2.45, 2.75) is 38.5 Å². The van der Waals surface area contributed by atoms with Gasteiger partial charge in [0.05, 0.1) is 16.3 Å². The van der Waals surface area contributed by atoms with Crippen LogP contribution < -0.4 is 10.1 Å². The molecule has 148 valence electrons. The average Bonchev–Trinajstić information content (AvgIpc) is 2.58. The molecule has 2 amide bonds. The lowest BCUT2D eigenvalue weighted by atomic mass is 9.92. The lowest BCUT2D eigenvalue weighted by Crippen LogP contribution is -2.43. The monoisotopic (exact) mass is 394 g/mol. The van der Waals surface area contributed by atoms with E-state index in [0.717, 1.165) is 6.42 Å². The molecule has 0 unspecified atom stereocenters. The van der Waals surface area contributed by atoms with Crippen LogP contribution in [0.3, 0.4) is 0 Å². The number of carbonyl (C=O) groups excluding carboxylic acids is 2. The Hall–Kier alpha value is -2.09. The summed E-state index contributed by atoms with van der Waals surface area (Å²) in [5, 5.41) is 2.66. The highest BCUT2D eigenvalue weighted by atomic mass is 32.2. The molecule has 1 fully saturated rings. The van der Waals surface area contributed by atoms with Crippen molar-refractivity contribution in [2.75, 3.05) is 30.8 Å². The van der Waals surface area contributed by atoms with Gasteiger partial charge in [0, 0.05) is 25.6 Å². The number of anilines is 1. The zero-order chi connectivity index (χ0) is 19.8. The number of hydrogen-bond donors (Lipinski definition) is 1. The van der Waals surface area contributed by atoms with Crippen LogP contribution in [-0.2, 0) is 19.4 Å². The van der Waals surface area contributed by atoms with Gasteiger partial charge in [-0.15, -0.1) is 0 Å². The summed E-state index contributed by atoms with van der Waals surface area (Å²) < 4.78 is 30.9. The average molecular weight is 394 g/mol. The summed E-state index contributed by atoms with van der Waals surface area (Å²) in [6.45, 7) is 7.14. The summed E-state index contributed by atoms with van der Waals surface area (Å²) in [6, 6.07) is 3.03. The number of aryl methyl sites for hydroxylation is 1. The van der Waals surface area contributed by atoms with Gasteiger partial charge in [-0.3, -0.25) is 9.59 Å². The van der Waals surface area contributed by atoms with Crippen molar-refractivity contribution in [1.82, 2.24) is 4.90 Å². The summed E-state index contributed by atoms with van der Waals surface area (Å²) in [5.41, 5.74) is 0.988. The van der Waals surface area contributed by atoms with E-state index < -0.39 is 9.84 Å². The Morgan fingerprint density at radius 3 is 2.59 bits per heavy atom. The highest BCUT2D eigenvalue weighted by Crippen LogP contribution is 2.33. The number of carbonyl (C=O) groups is 2. The van der Waals surface area contributed by atoms with Crippen molar-refractivity contribution in [3.05, 3.63) is 17.7 Å². The first-order chi connectivity index (χ1) is 12.7. The molecule has 0 aliphatic carbocycles. The van der Waals surface area contributed by atoms with E-state index in [1.54, 1.807) is 17.9 Å². The molecule has 2 atom stereocenters. The van der Waals surface area contributed by atoms with Crippen molar-refractivity contribution in [3.63, 3.8) is 0 Å². The van der Waals surface area contributed by atoms with Crippen molar-refractivity contribution < 1.29 is 22.7 Å². The molecule has 2 heterocycles.